The second kappa shape index (κ2) is 4.51. The van der Waals surface area contributed by atoms with Gasteiger partial charge >= 0.3 is 116 Å². The third-order valence-electron chi connectivity index (χ3n) is 3.31. The summed E-state index contributed by atoms with van der Waals surface area (Å²) in [6, 6.07) is 0. The van der Waals surface area contributed by atoms with Gasteiger partial charge < -0.3 is 0 Å². The Balaban J connectivity index is 1.96. The van der Waals surface area contributed by atoms with Crippen LogP contribution in [0.4, 0.5) is 0 Å². The van der Waals surface area contributed by atoms with Gasteiger partial charge in [-0.25, -0.2) is 0 Å². The van der Waals surface area contributed by atoms with Gasteiger partial charge in [-0.05, 0) is 0 Å². The van der Waals surface area contributed by atoms with E-state index in [-0.39, 0.29) is 40.4 Å². The van der Waals surface area contributed by atoms with Crippen molar-refractivity contribution in [3.63, 3.8) is 0 Å². The van der Waals surface area contributed by atoms with Gasteiger partial charge in [0.05, 0.1) is 0 Å². The number of nitrogens with one attached hydrogen (secondary N) is 2. The first-order valence-electron chi connectivity index (χ1n) is 5.47. The maximum absolute atomic E-state index is 12.2. The summed E-state index contributed by atoms with van der Waals surface area (Å²) < 4.78 is 12.8. The summed E-state index contributed by atoms with van der Waals surface area (Å²) in [5.41, 5.74) is -0.270. The molecule has 2 aliphatic heterocycles. The number of carbonyl (C=O) groups excluding carboxylic acids is 1. The summed E-state index contributed by atoms with van der Waals surface area (Å²) in [7, 11) is 0. The van der Waals surface area contributed by atoms with Crippen LogP contribution >= 0.6 is 20.4 Å². The zero-order chi connectivity index (χ0) is 12.0. The topological polar surface area (TPSA) is 70.2 Å². The SMILES string of the molecule is CCC(C)(CC)OC(=O)C([I-]C)C12NI1N2. The van der Waals surface area contributed by atoms with E-state index < -0.39 is 20.4 Å². The molecule has 0 aromatic heterocycles. The van der Waals surface area contributed by atoms with E-state index >= 15 is 0 Å². The Morgan fingerprint density at radius 3 is 2.31 bits per heavy atom. The van der Waals surface area contributed by atoms with Crippen molar-refractivity contribution in [1.82, 2.24) is 7.06 Å². The second-order valence-electron chi connectivity index (χ2n) is 4.34. The standard InChI is InChI=1S/C10H19I2N2O2/c1-5-9(3,6-2)16-8(15)7(11-4)10-12(13-10)14-10/h7,13-14H,5-6H2,1-4H3/q-1. The van der Waals surface area contributed by atoms with Crippen molar-refractivity contribution in [3.8, 4) is 0 Å². The van der Waals surface area contributed by atoms with E-state index in [2.05, 4.69) is 25.8 Å². The molecule has 0 aliphatic carbocycles. The first-order chi connectivity index (χ1) is 7.51. The Morgan fingerprint density at radius 1 is 1.50 bits per heavy atom. The molecule has 0 amide bonds. The van der Waals surface area contributed by atoms with Gasteiger partial charge in [-0.3, -0.25) is 0 Å². The van der Waals surface area contributed by atoms with Gasteiger partial charge in [0, 0.05) is 0 Å². The molecule has 16 heavy (non-hydrogen) atoms. The van der Waals surface area contributed by atoms with Crippen molar-refractivity contribution in [2.75, 3.05) is 4.93 Å². The number of fused-ring (bicyclic) bond motifs is 1. The first-order valence-corrected chi connectivity index (χ1v) is 12.1. The van der Waals surface area contributed by atoms with Crippen LogP contribution in [0.25, 0.3) is 0 Å². The molecule has 0 aromatic rings. The fourth-order valence-corrected chi connectivity index (χ4v) is 11.8. The van der Waals surface area contributed by atoms with E-state index in [0.717, 1.165) is 12.8 Å². The molecule has 2 aliphatic rings. The molecule has 2 heterocycles. The molecule has 2 fully saturated rings. The van der Waals surface area contributed by atoms with Gasteiger partial charge in [0.2, 0.25) is 0 Å². The van der Waals surface area contributed by atoms with Crippen LogP contribution in [0.1, 0.15) is 33.6 Å². The Hall–Kier alpha value is 0.850. The molecule has 0 spiro atoms. The van der Waals surface area contributed by atoms with Gasteiger partial charge in [0.1, 0.15) is 0 Å². The summed E-state index contributed by atoms with van der Waals surface area (Å²) in [6.07, 6.45) is 1.78. The third-order valence-corrected chi connectivity index (χ3v) is 11.8. The van der Waals surface area contributed by atoms with Crippen molar-refractivity contribution in [2.24, 2.45) is 0 Å². The molecule has 4 nitrogen and oxygen atoms in total. The Labute approximate surface area is 115 Å². The molecular formula is C10H19I2N2O2-. The number of ether oxygens (including phenoxy) is 1. The molecule has 0 aromatic carbocycles. The van der Waals surface area contributed by atoms with E-state index in [1.54, 1.807) is 0 Å². The molecule has 1 unspecified atom stereocenters. The van der Waals surface area contributed by atoms with E-state index in [1.165, 1.54) is 0 Å². The number of carbonyl (C=O) groups is 1. The summed E-state index contributed by atoms with van der Waals surface area (Å²) in [5.74, 6) is 0.0267. The van der Waals surface area contributed by atoms with Gasteiger partial charge in [0.15, 0.2) is 0 Å². The number of esters is 1. The number of alkyl halides is 3. The summed E-state index contributed by atoms with van der Waals surface area (Å²) in [6.45, 7) is 6.19. The van der Waals surface area contributed by atoms with Crippen LogP contribution in [0.15, 0.2) is 0 Å². The zero-order valence-corrected chi connectivity index (χ0v) is 14.4. The number of hydrogen-bond donors (Lipinski definition) is 2. The van der Waals surface area contributed by atoms with Gasteiger partial charge in [-0.15, -0.1) is 0 Å². The van der Waals surface area contributed by atoms with Crippen molar-refractivity contribution in [3.05, 3.63) is 0 Å². The predicted octanol–water partition coefficient (Wildman–Crippen LogP) is -1.61. The Bertz CT molecular complexity index is 301. The van der Waals surface area contributed by atoms with Gasteiger partial charge in [-0.1, -0.05) is 0 Å². The number of halogens is 2. The third kappa shape index (κ3) is 2.22. The molecule has 0 bridgehead atoms. The molecule has 2 N–H and O–H groups in total. The van der Waals surface area contributed by atoms with Crippen LogP contribution in [0.3, 0.4) is 0 Å². The Kier molecular flexibility index (Phi) is 3.74. The fraction of sp³-hybridized carbons (Fsp3) is 0.900. The van der Waals surface area contributed by atoms with Crippen molar-refractivity contribution in [2.45, 2.75) is 46.8 Å². The molecule has 0 radical (unpaired) electrons. The molecule has 2 rings (SSSR count). The average Bonchev–Trinajstić information content (AvgIpc) is 3.08. The fourth-order valence-electron chi connectivity index (χ4n) is 1.52. The average molecular weight is 453 g/mol. The molecule has 1 atom stereocenters. The summed E-state index contributed by atoms with van der Waals surface area (Å²) in [4.78, 5) is 14.3. The summed E-state index contributed by atoms with van der Waals surface area (Å²) >= 11 is -1.12. The van der Waals surface area contributed by atoms with Gasteiger partial charge in [-0.2, -0.15) is 0 Å². The van der Waals surface area contributed by atoms with Crippen molar-refractivity contribution >= 4 is 26.3 Å². The normalized spacial score (nSPS) is 24.9. The zero-order valence-electron chi connectivity index (χ0n) is 10.1. The Morgan fingerprint density at radius 2 is 2.00 bits per heavy atom. The van der Waals surface area contributed by atoms with Gasteiger partial charge in [0.25, 0.3) is 0 Å². The van der Waals surface area contributed by atoms with Crippen LogP contribution in [-0.4, -0.2) is 24.1 Å². The predicted molar refractivity (Wildman–Crippen MR) is 67.8 cm³/mol. The molecule has 2 saturated heterocycles. The van der Waals surface area contributed by atoms with Crippen molar-refractivity contribution < 1.29 is 30.7 Å². The second-order valence-corrected chi connectivity index (χ2v) is 11.2. The minimum absolute atomic E-state index is 0.0267. The van der Waals surface area contributed by atoms with E-state index in [0.29, 0.717) is 0 Å². The number of hydrogen-bond acceptors (Lipinski definition) is 4. The van der Waals surface area contributed by atoms with Crippen molar-refractivity contribution in [1.29, 1.82) is 0 Å². The monoisotopic (exact) mass is 453 g/mol. The van der Waals surface area contributed by atoms with Crippen LogP contribution in [-0.2, 0) is 9.53 Å². The molecular weight excluding hydrogens is 434 g/mol. The van der Waals surface area contributed by atoms with E-state index in [1.807, 2.05) is 6.92 Å². The van der Waals surface area contributed by atoms with E-state index in [4.69, 9.17) is 4.74 Å². The molecule has 96 valence electrons. The molecule has 0 saturated carbocycles. The van der Waals surface area contributed by atoms with E-state index in [9.17, 15) is 4.79 Å². The quantitative estimate of drug-likeness (QED) is 0.127. The minimum atomic E-state index is -1.01. The molecule has 6 heteroatoms. The van der Waals surface area contributed by atoms with Crippen LogP contribution in [0.5, 0.6) is 0 Å². The maximum atomic E-state index is 12.2. The van der Waals surface area contributed by atoms with Crippen LogP contribution in [0.2, 0.25) is 0 Å². The first kappa shape index (κ1) is 13.3. The number of rotatable bonds is 6. The van der Waals surface area contributed by atoms with Crippen LogP contribution < -0.4 is 28.3 Å². The summed E-state index contributed by atoms with van der Waals surface area (Å²) in [5, 5.41) is 0. The van der Waals surface area contributed by atoms with Crippen LogP contribution in [0, 0.1) is 0 Å².